The maximum Gasteiger partial charge on any atom is 0.224 e. The van der Waals surface area contributed by atoms with Crippen molar-refractivity contribution in [2.45, 2.75) is 19.4 Å². The van der Waals surface area contributed by atoms with Gasteiger partial charge in [-0.05, 0) is 29.3 Å². The molecule has 0 bridgehead atoms. The number of carbonyl (C=O) groups is 1. The van der Waals surface area contributed by atoms with Gasteiger partial charge in [0.05, 0.1) is 24.7 Å². The summed E-state index contributed by atoms with van der Waals surface area (Å²) in [6, 6.07) is 7.32. The van der Waals surface area contributed by atoms with Crippen LogP contribution in [-0.2, 0) is 17.8 Å². The quantitative estimate of drug-likeness (QED) is 0.935. The van der Waals surface area contributed by atoms with Crippen molar-refractivity contribution in [3.8, 4) is 11.5 Å². The third-order valence-corrected chi connectivity index (χ3v) is 3.72. The molecule has 6 heteroatoms. The van der Waals surface area contributed by atoms with E-state index >= 15 is 0 Å². The van der Waals surface area contributed by atoms with E-state index in [1.165, 1.54) is 0 Å². The predicted octanol–water partition coefficient (Wildman–Crippen LogP) is 2.76. The van der Waals surface area contributed by atoms with Gasteiger partial charge >= 0.3 is 0 Å². The van der Waals surface area contributed by atoms with Gasteiger partial charge in [-0.25, -0.2) is 0 Å². The van der Waals surface area contributed by atoms with Crippen molar-refractivity contribution in [3.63, 3.8) is 0 Å². The molecule has 1 aliphatic rings. The zero-order valence-electron chi connectivity index (χ0n) is 12.5. The molecular formula is C17H17ClN2O3. The first-order chi connectivity index (χ1) is 11.2. The fourth-order valence-corrected chi connectivity index (χ4v) is 2.63. The average molecular weight is 333 g/mol. The lowest BCUT2D eigenvalue weighted by Gasteiger charge is -2.11. The van der Waals surface area contributed by atoms with Gasteiger partial charge < -0.3 is 14.8 Å². The van der Waals surface area contributed by atoms with Gasteiger partial charge in [-0.2, -0.15) is 0 Å². The summed E-state index contributed by atoms with van der Waals surface area (Å²) in [6.45, 7) is 1.61. The Kier molecular flexibility index (Phi) is 4.98. The van der Waals surface area contributed by atoms with Gasteiger partial charge in [0.2, 0.25) is 5.91 Å². The number of hydrogen-bond donors (Lipinski definition) is 1. The number of halogens is 1. The first kappa shape index (κ1) is 15.6. The molecule has 0 radical (unpaired) electrons. The number of nitrogens with zero attached hydrogens (tertiary/aromatic N) is 1. The van der Waals surface area contributed by atoms with E-state index in [0.717, 1.165) is 17.5 Å². The predicted molar refractivity (Wildman–Crippen MR) is 86.8 cm³/mol. The van der Waals surface area contributed by atoms with Crippen LogP contribution in [0.5, 0.6) is 11.5 Å². The van der Waals surface area contributed by atoms with E-state index in [1.54, 1.807) is 18.5 Å². The Balaban J connectivity index is 1.64. The molecule has 1 aromatic heterocycles. The number of hydrogen-bond acceptors (Lipinski definition) is 4. The van der Waals surface area contributed by atoms with Crippen molar-refractivity contribution in [2.24, 2.45) is 0 Å². The van der Waals surface area contributed by atoms with Gasteiger partial charge in [-0.1, -0.05) is 17.7 Å². The number of aromatic nitrogens is 1. The third kappa shape index (κ3) is 4.13. The number of rotatable bonds is 4. The third-order valence-electron chi connectivity index (χ3n) is 3.44. The molecule has 0 aliphatic carbocycles. The summed E-state index contributed by atoms with van der Waals surface area (Å²) < 4.78 is 11.2. The molecule has 1 aliphatic heterocycles. The van der Waals surface area contributed by atoms with E-state index in [0.29, 0.717) is 36.3 Å². The van der Waals surface area contributed by atoms with E-state index in [-0.39, 0.29) is 12.3 Å². The Hall–Kier alpha value is -2.27. The van der Waals surface area contributed by atoms with Crippen LogP contribution < -0.4 is 14.8 Å². The molecule has 23 heavy (non-hydrogen) atoms. The number of fused-ring (bicyclic) bond motifs is 1. The topological polar surface area (TPSA) is 60.5 Å². The largest absolute Gasteiger partial charge is 0.489 e. The summed E-state index contributed by atoms with van der Waals surface area (Å²) in [5.74, 6) is 1.08. The lowest BCUT2D eigenvalue weighted by molar-refractivity contribution is -0.120. The highest BCUT2D eigenvalue weighted by atomic mass is 35.5. The summed E-state index contributed by atoms with van der Waals surface area (Å²) in [4.78, 5) is 16.1. The van der Waals surface area contributed by atoms with Crippen LogP contribution in [0.1, 0.15) is 17.5 Å². The van der Waals surface area contributed by atoms with E-state index in [4.69, 9.17) is 21.1 Å². The van der Waals surface area contributed by atoms with Crippen molar-refractivity contribution >= 4 is 17.5 Å². The molecule has 2 aromatic rings. The first-order valence-corrected chi connectivity index (χ1v) is 7.84. The monoisotopic (exact) mass is 332 g/mol. The molecule has 0 fully saturated rings. The zero-order chi connectivity index (χ0) is 16.1. The molecule has 0 atom stereocenters. The van der Waals surface area contributed by atoms with E-state index in [2.05, 4.69) is 10.3 Å². The molecular weight excluding hydrogens is 316 g/mol. The molecule has 1 N–H and O–H groups in total. The number of ether oxygens (including phenoxy) is 2. The summed E-state index contributed by atoms with van der Waals surface area (Å²) >= 11 is 6.23. The van der Waals surface area contributed by atoms with Crippen molar-refractivity contribution < 1.29 is 14.3 Å². The molecule has 3 rings (SSSR count). The number of amides is 1. The molecule has 5 nitrogen and oxygen atoms in total. The fourth-order valence-electron chi connectivity index (χ4n) is 2.34. The molecule has 0 saturated carbocycles. The Labute approximate surface area is 139 Å². The van der Waals surface area contributed by atoms with Crippen LogP contribution in [0.4, 0.5) is 0 Å². The molecule has 1 amide bonds. The number of carbonyl (C=O) groups excluding carboxylic acids is 1. The minimum absolute atomic E-state index is 0.0839. The minimum atomic E-state index is -0.0839. The standard InChI is InChI=1S/C17H17ClN2O3/c18-14-7-13(8-15-17(14)23-6-2-5-22-15)9-16(21)20-11-12-3-1-4-19-10-12/h1,3-4,7-8,10H,2,5-6,9,11H2,(H,20,21). The number of pyridine rings is 1. The summed E-state index contributed by atoms with van der Waals surface area (Å²) in [6.07, 6.45) is 4.47. The van der Waals surface area contributed by atoms with Crippen LogP contribution in [0.3, 0.4) is 0 Å². The molecule has 0 unspecified atom stereocenters. The molecule has 1 aromatic carbocycles. The van der Waals surface area contributed by atoms with Gasteiger partial charge in [-0.3, -0.25) is 9.78 Å². The summed E-state index contributed by atoms with van der Waals surface area (Å²) in [7, 11) is 0. The van der Waals surface area contributed by atoms with E-state index in [1.807, 2.05) is 18.2 Å². The lowest BCUT2D eigenvalue weighted by Crippen LogP contribution is -2.24. The normalized spacial score (nSPS) is 13.3. The van der Waals surface area contributed by atoms with Gasteiger partial charge in [-0.15, -0.1) is 0 Å². The van der Waals surface area contributed by atoms with Crippen molar-refractivity contribution in [1.82, 2.24) is 10.3 Å². The van der Waals surface area contributed by atoms with Crippen molar-refractivity contribution in [2.75, 3.05) is 13.2 Å². The van der Waals surface area contributed by atoms with Gasteiger partial charge in [0.1, 0.15) is 0 Å². The second-order valence-corrected chi connectivity index (χ2v) is 5.68. The average Bonchev–Trinajstić information content (AvgIpc) is 2.80. The SMILES string of the molecule is O=C(Cc1cc(Cl)c2c(c1)OCCCO2)NCc1cccnc1. The van der Waals surface area contributed by atoms with Crippen LogP contribution in [-0.4, -0.2) is 24.1 Å². The Morgan fingerprint density at radius 2 is 2.13 bits per heavy atom. The van der Waals surface area contributed by atoms with E-state index < -0.39 is 0 Å². The lowest BCUT2D eigenvalue weighted by atomic mass is 10.1. The maximum absolute atomic E-state index is 12.1. The van der Waals surface area contributed by atoms with Crippen LogP contribution in [0, 0.1) is 0 Å². The first-order valence-electron chi connectivity index (χ1n) is 7.46. The summed E-state index contributed by atoms with van der Waals surface area (Å²) in [5, 5.41) is 3.34. The number of benzene rings is 1. The molecule has 2 heterocycles. The molecule has 120 valence electrons. The van der Waals surface area contributed by atoms with Gasteiger partial charge in [0, 0.05) is 25.4 Å². The highest BCUT2D eigenvalue weighted by Gasteiger charge is 2.16. The van der Waals surface area contributed by atoms with Crippen molar-refractivity contribution in [3.05, 3.63) is 52.8 Å². The van der Waals surface area contributed by atoms with Crippen molar-refractivity contribution in [1.29, 1.82) is 0 Å². The Bertz CT molecular complexity index is 692. The van der Waals surface area contributed by atoms with Crippen LogP contribution in [0.25, 0.3) is 0 Å². The number of nitrogens with one attached hydrogen (secondary N) is 1. The van der Waals surface area contributed by atoms with Crippen LogP contribution in [0.15, 0.2) is 36.7 Å². The van der Waals surface area contributed by atoms with Crippen LogP contribution in [0.2, 0.25) is 5.02 Å². The fraction of sp³-hybridized carbons (Fsp3) is 0.294. The van der Waals surface area contributed by atoms with E-state index in [9.17, 15) is 4.79 Å². The zero-order valence-corrected chi connectivity index (χ0v) is 13.3. The Morgan fingerprint density at radius 1 is 1.26 bits per heavy atom. The van der Waals surface area contributed by atoms with Gasteiger partial charge in [0.15, 0.2) is 11.5 Å². The second-order valence-electron chi connectivity index (χ2n) is 5.27. The van der Waals surface area contributed by atoms with Gasteiger partial charge in [0.25, 0.3) is 0 Å². The minimum Gasteiger partial charge on any atom is -0.489 e. The second kappa shape index (κ2) is 7.33. The molecule has 0 saturated heterocycles. The Morgan fingerprint density at radius 3 is 2.96 bits per heavy atom. The summed E-state index contributed by atoms with van der Waals surface area (Å²) in [5.41, 5.74) is 1.75. The maximum atomic E-state index is 12.1. The molecule has 0 spiro atoms. The highest BCUT2D eigenvalue weighted by Crippen LogP contribution is 2.38. The van der Waals surface area contributed by atoms with Crippen LogP contribution >= 0.6 is 11.6 Å². The smallest absolute Gasteiger partial charge is 0.224 e. The highest BCUT2D eigenvalue weighted by molar-refractivity contribution is 6.32.